The maximum atomic E-state index is 11.8. The molecule has 0 aromatic carbocycles. The van der Waals surface area contributed by atoms with Crippen molar-refractivity contribution in [2.75, 3.05) is 13.2 Å². The highest BCUT2D eigenvalue weighted by Crippen LogP contribution is 2.36. The van der Waals surface area contributed by atoms with Gasteiger partial charge in [0.15, 0.2) is 0 Å². The molecule has 0 amide bonds. The lowest BCUT2D eigenvalue weighted by Crippen LogP contribution is -2.25. The van der Waals surface area contributed by atoms with Crippen molar-refractivity contribution in [1.29, 1.82) is 0 Å². The second kappa shape index (κ2) is 6.06. The molecule has 1 aliphatic carbocycles. The van der Waals surface area contributed by atoms with Gasteiger partial charge in [0, 0.05) is 6.61 Å². The lowest BCUT2D eigenvalue weighted by Gasteiger charge is -2.32. The van der Waals surface area contributed by atoms with Crippen LogP contribution >= 0.6 is 0 Å². The first-order chi connectivity index (χ1) is 8.18. The average Bonchev–Trinajstić information content (AvgIpc) is 2.11. The molecule has 1 aliphatic rings. The molecule has 0 spiro atoms. The minimum Gasteiger partial charge on any atom is -0.389 e. The van der Waals surface area contributed by atoms with Gasteiger partial charge in [-0.1, -0.05) is 25.5 Å². The summed E-state index contributed by atoms with van der Waals surface area (Å²) in [5.74, 6) is 0. The highest BCUT2D eigenvalue weighted by Gasteiger charge is 2.28. The summed E-state index contributed by atoms with van der Waals surface area (Å²) in [5, 5.41) is 9.67. The number of aliphatic hydroxyl groups excluding tert-OH is 1. The van der Waals surface area contributed by atoms with E-state index in [4.69, 9.17) is 0 Å². The summed E-state index contributed by atoms with van der Waals surface area (Å²) in [6.45, 7) is 3.10. The summed E-state index contributed by atoms with van der Waals surface area (Å²) in [5.41, 5.74) is 1.19. The third kappa shape index (κ3) is 6.40. The standard InChI is InChI=1S/C13H21F3O2/c1-12(2)7-10(6-11(17)8-12)4-3-5-18-9-13(14,15)16/h6,11,17H,3-5,7-9H2,1-2H3. The Hall–Kier alpha value is -0.550. The van der Waals surface area contributed by atoms with Crippen LogP contribution in [0.15, 0.2) is 11.6 Å². The SMILES string of the molecule is CC1(C)CC(CCCOCC(F)(F)F)=CC(O)C1. The van der Waals surface area contributed by atoms with E-state index >= 15 is 0 Å². The maximum absolute atomic E-state index is 11.8. The molecule has 106 valence electrons. The zero-order valence-corrected chi connectivity index (χ0v) is 10.9. The number of rotatable bonds is 5. The lowest BCUT2D eigenvalue weighted by atomic mass is 9.75. The Labute approximate surface area is 106 Å². The van der Waals surface area contributed by atoms with E-state index in [1.807, 2.05) is 6.08 Å². The zero-order chi connectivity index (χ0) is 13.8. The van der Waals surface area contributed by atoms with Gasteiger partial charge in [-0.05, 0) is 31.1 Å². The molecule has 0 saturated carbocycles. The Morgan fingerprint density at radius 3 is 2.67 bits per heavy atom. The number of alkyl halides is 3. The quantitative estimate of drug-likeness (QED) is 0.610. The zero-order valence-electron chi connectivity index (χ0n) is 10.9. The summed E-state index contributed by atoms with van der Waals surface area (Å²) < 4.78 is 40.0. The number of halogens is 3. The number of hydrogen-bond acceptors (Lipinski definition) is 2. The van der Waals surface area contributed by atoms with Crippen molar-refractivity contribution in [2.45, 2.75) is 51.8 Å². The Balaban J connectivity index is 2.23. The van der Waals surface area contributed by atoms with Gasteiger partial charge in [0.05, 0.1) is 6.10 Å². The van der Waals surface area contributed by atoms with Gasteiger partial charge in [-0.15, -0.1) is 0 Å². The van der Waals surface area contributed by atoms with Gasteiger partial charge in [0.2, 0.25) is 0 Å². The summed E-state index contributed by atoms with van der Waals surface area (Å²) in [6.07, 6.45) is 0.0324. The third-order valence-corrected chi connectivity index (χ3v) is 2.95. The molecule has 0 aliphatic heterocycles. The fraction of sp³-hybridized carbons (Fsp3) is 0.846. The van der Waals surface area contributed by atoms with Crippen LogP contribution in [-0.2, 0) is 4.74 Å². The van der Waals surface area contributed by atoms with Crippen LogP contribution in [0.3, 0.4) is 0 Å². The number of ether oxygens (including phenoxy) is 1. The Bertz CT molecular complexity index is 295. The normalized spacial score (nSPS) is 23.9. The minimum absolute atomic E-state index is 0.0658. The molecule has 2 nitrogen and oxygen atoms in total. The minimum atomic E-state index is -4.25. The van der Waals surface area contributed by atoms with Crippen molar-refractivity contribution in [3.05, 3.63) is 11.6 Å². The summed E-state index contributed by atoms with van der Waals surface area (Å²) in [4.78, 5) is 0. The van der Waals surface area contributed by atoms with Crippen LogP contribution in [0, 0.1) is 5.41 Å². The van der Waals surface area contributed by atoms with E-state index in [1.165, 1.54) is 0 Å². The van der Waals surface area contributed by atoms with Crippen molar-refractivity contribution in [3.63, 3.8) is 0 Å². The van der Waals surface area contributed by atoms with E-state index in [2.05, 4.69) is 18.6 Å². The molecule has 0 bridgehead atoms. The first-order valence-corrected chi connectivity index (χ1v) is 6.20. The molecular formula is C13H21F3O2. The monoisotopic (exact) mass is 266 g/mol. The van der Waals surface area contributed by atoms with Crippen molar-refractivity contribution >= 4 is 0 Å². The van der Waals surface area contributed by atoms with E-state index in [9.17, 15) is 18.3 Å². The molecular weight excluding hydrogens is 245 g/mol. The molecule has 0 saturated heterocycles. The second-order valence-corrected chi connectivity index (χ2v) is 5.71. The van der Waals surface area contributed by atoms with Gasteiger partial charge in [-0.25, -0.2) is 0 Å². The van der Waals surface area contributed by atoms with Gasteiger partial charge in [-0.3, -0.25) is 0 Å². The topological polar surface area (TPSA) is 29.5 Å². The second-order valence-electron chi connectivity index (χ2n) is 5.71. The maximum Gasteiger partial charge on any atom is 0.411 e. The fourth-order valence-electron chi connectivity index (χ4n) is 2.40. The van der Waals surface area contributed by atoms with Crippen LogP contribution < -0.4 is 0 Å². The Kier molecular flexibility index (Phi) is 5.22. The molecule has 1 atom stereocenters. The van der Waals surface area contributed by atoms with Gasteiger partial charge in [-0.2, -0.15) is 13.2 Å². The van der Waals surface area contributed by atoms with Crippen molar-refractivity contribution in [3.8, 4) is 0 Å². The number of aliphatic hydroxyl groups is 1. The molecule has 1 unspecified atom stereocenters. The lowest BCUT2D eigenvalue weighted by molar-refractivity contribution is -0.174. The molecule has 18 heavy (non-hydrogen) atoms. The van der Waals surface area contributed by atoms with Gasteiger partial charge in [0.25, 0.3) is 0 Å². The van der Waals surface area contributed by atoms with E-state index in [0.29, 0.717) is 12.8 Å². The summed E-state index contributed by atoms with van der Waals surface area (Å²) in [7, 11) is 0. The van der Waals surface area contributed by atoms with Crippen molar-refractivity contribution in [2.24, 2.45) is 5.41 Å². The van der Waals surface area contributed by atoms with Crippen LogP contribution in [0.2, 0.25) is 0 Å². The van der Waals surface area contributed by atoms with Crippen LogP contribution in [-0.4, -0.2) is 30.6 Å². The number of allylic oxidation sites excluding steroid dienone is 1. The highest BCUT2D eigenvalue weighted by atomic mass is 19.4. The largest absolute Gasteiger partial charge is 0.411 e. The predicted molar refractivity (Wildman–Crippen MR) is 63.2 cm³/mol. The summed E-state index contributed by atoms with van der Waals surface area (Å²) in [6, 6.07) is 0. The smallest absolute Gasteiger partial charge is 0.389 e. The molecule has 1 N–H and O–H groups in total. The summed E-state index contributed by atoms with van der Waals surface area (Å²) >= 11 is 0. The van der Waals surface area contributed by atoms with E-state index in [0.717, 1.165) is 18.4 Å². The molecule has 5 heteroatoms. The molecule has 0 radical (unpaired) electrons. The van der Waals surface area contributed by atoms with Gasteiger partial charge >= 0.3 is 6.18 Å². The highest BCUT2D eigenvalue weighted by molar-refractivity contribution is 5.12. The van der Waals surface area contributed by atoms with Crippen LogP contribution in [0.4, 0.5) is 13.2 Å². The molecule has 0 aromatic heterocycles. The predicted octanol–water partition coefficient (Wildman–Crippen LogP) is 3.45. The Morgan fingerprint density at radius 2 is 2.11 bits per heavy atom. The average molecular weight is 266 g/mol. The van der Waals surface area contributed by atoms with Crippen molar-refractivity contribution < 1.29 is 23.0 Å². The first kappa shape index (κ1) is 15.5. The molecule has 0 aromatic rings. The molecule has 0 fully saturated rings. The van der Waals surface area contributed by atoms with E-state index in [-0.39, 0.29) is 12.0 Å². The molecule has 0 heterocycles. The van der Waals surface area contributed by atoms with Gasteiger partial charge in [0.1, 0.15) is 6.61 Å². The van der Waals surface area contributed by atoms with E-state index < -0.39 is 18.9 Å². The van der Waals surface area contributed by atoms with E-state index in [1.54, 1.807) is 0 Å². The van der Waals surface area contributed by atoms with Crippen LogP contribution in [0.25, 0.3) is 0 Å². The third-order valence-electron chi connectivity index (χ3n) is 2.95. The Morgan fingerprint density at radius 1 is 1.44 bits per heavy atom. The van der Waals surface area contributed by atoms with Crippen LogP contribution in [0.1, 0.15) is 39.5 Å². The van der Waals surface area contributed by atoms with Crippen molar-refractivity contribution in [1.82, 2.24) is 0 Å². The first-order valence-electron chi connectivity index (χ1n) is 6.20. The fourth-order valence-corrected chi connectivity index (χ4v) is 2.40. The number of hydrogen-bond donors (Lipinski definition) is 1. The van der Waals surface area contributed by atoms with Crippen LogP contribution in [0.5, 0.6) is 0 Å². The van der Waals surface area contributed by atoms with Gasteiger partial charge < -0.3 is 9.84 Å². The molecule has 1 rings (SSSR count).